The van der Waals surface area contributed by atoms with Crippen LogP contribution in [0.5, 0.6) is 11.5 Å². The van der Waals surface area contributed by atoms with Crippen LogP contribution in [0.3, 0.4) is 0 Å². The van der Waals surface area contributed by atoms with Gasteiger partial charge in [-0.05, 0) is 6.07 Å². The summed E-state index contributed by atoms with van der Waals surface area (Å²) in [5.74, 6) is 0.0681. The van der Waals surface area contributed by atoms with E-state index in [1.165, 1.54) is 14.2 Å². The molecule has 1 aromatic carbocycles. The molecule has 0 bridgehead atoms. The number of carboxylic acid groups (broad SMARTS) is 1. The van der Waals surface area contributed by atoms with Crippen molar-refractivity contribution < 1.29 is 24.5 Å². The summed E-state index contributed by atoms with van der Waals surface area (Å²) in [4.78, 5) is 13.0. The SMILES string of the molecule is COc1cc(Cl)cc(CN2C[C@H](O)C[C@H]2C(=O)O)c1OC. The maximum Gasteiger partial charge on any atom is 0.321 e. The zero-order valence-electron chi connectivity index (χ0n) is 11.9. The first-order chi connectivity index (χ1) is 9.96. The molecule has 0 unspecified atom stereocenters. The van der Waals surface area contributed by atoms with E-state index >= 15 is 0 Å². The van der Waals surface area contributed by atoms with Crippen molar-refractivity contribution in [3.8, 4) is 11.5 Å². The lowest BCUT2D eigenvalue weighted by molar-refractivity contribution is -0.142. The fourth-order valence-corrected chi connectivity index (χ4v) is 2.88. The largest absolute Gasteiger partial charge is 0.493 e. The molecule has 2 atom stereocenters. The van der Waals surface area contributed by atoms with Gasteiger partial charge in [0.2, 0.25) is 0 Å². The van der Waals surface area contributed by atoms with E-state index in [9.17, 15) is 15.0 Å². The van der Waals surface area contributed by atoms with Gasteiger partial charge in [-0.15, -0.1) is 0 Å². The zero-order valence-corrected chi connectivity index (χ0v) is 12.6. The lowest BCUT2D eigenvalue weighted by atomic mass is 10.1. The monoisotopic (exact) mass is 315 g/mol. The lowest BCUT2D eigenvalue weighted by Gasteiger charge is -2.22. The van der Waals surface area contributed by atoms with E-state index in [-0.39, 0.29) is 6.42 Å². The van der Waals surface area contributed by atoms with Crippen molar-refractivity contribution in [1.82, 2.24) is 4.90 Å². The van der Waals surface area contributed by atoms with Crippen LogP contribution in [0.15, 0.2) is 12.1 Å². The number of carboxylic acids is 1. The Balaban J connectivity index is 2.30. The number of aliphatic hydroxyl groups is 1. The minimum Gasteiger partial charge on any atom is -0.493 e. The van der Waals surface area contributed by atoms with Gasteiger partial charge in [0.25, 0.3) is 0 Å². The first-order valence-electron chi connectivity index (χ1n) is 6.51. The van der Waals surface area contributed by atoms with Gasteiger partial charge in [0, 0.05) is 36.2 Å². The quantitative estimate of drug-likeness (QED) is 0.854. The summed E-state index contributed by atoms with van der Waals surface area (Å²) in [7, 11) is 3.03. The summed E-state index contributed by atoms with van der Waals surface area (Å²) < 4.78 is 10.6. The van der Waals surface area contributed by atoms with Gasteiger partial charge < -0.3 is 19.7 Å². The molecular formula is C14H18ClNO5. The average molecular weight is 316 g/mol. The Morgan fingerprint density at radius 2 is 2.14 bits per heavy atom. The molecule has 0 amide bonds. The number of halogens is 1. The van der Waals surface area contributed by atoms with Crippen molar-refractivity contribution in [3.63, 3.8) is 0 Å². The Morgan fingerprint density at radius 1 is 1.43 bits per heavy atom. The van der Waals surface area contributed by atoms with Crippen LogP contribution in [0, 0.1) is 0 Å². The van der Waals surface area contributed by atoms with E-state index in [0.717, 1.165) is 5.56 Å². The van der Waals surface area contributed by atoms with Crippen molar-refractivity contribution in [2.75, 3.05) is 20.8 Å². The molecule has 0 saturated carbocycles. The molecule has 1 saturated heterocycles. The Hall–Kier alpha value is -1.50. The number of aliphatic hydroxyl groups excluding tert-OH is 1. The highest BCUT2D eigenvalue weighted by molar-refractivity contribution is 6.30. The molecule has 6 nitrogen and oxygen atoms in total. The molecule has 1 heterocycles. The van der Waals surface area contributed by atoms with Crippen LogP contribution >= 0.6 is 11.6 Å². The average Bonchev–Trinajstić information content (AvgIpc) is 2.79. The molecule has 1 aliphatic rings. The van der Waals surface area contributed by atoms with Crippen LogP contribution in [0.4, 0.5) is 0 Å². The van der Waals surface area contributed by atoms with Gasteiger partial charge in [-0.1, -0.05) is 11.6 Å². The molecule has 1 fully saturated rings. The highest BCUT2D eigenvalue weighted by Crippen LogP contribution is 2.36. The van der Waals surface area contributed by atoms with E-state index in [4.69, 9.17) is 21.1 Å². The second-order valence-electron chi connectivity index (χ2n) is 4.97. The highest BCUT2D eigenvalue weighted by Gasteiger charge is 2.36. The smallest absolute Gasteiger partial charge is 0.321 e. The fraction of sp³-hybridized carbons (Fsp3) is 0.500. The third-order valence-electron chi connectivity index (χ3n) is 3.56. The molecule has 0 spiro atoms. The molecule has 2 N–H and O–H groups in total. The number of likely N-dealkylation sites (tertiary alicyclic amines) is 1. The second-order valence-corrected chi connectivity index (χ2v) is 5.41. The normalized spacial score (nSPS) is 22.3. The third-order valence-corrected chi connectivity index (χ3v) is 3.78. The molecule has 21 heavy (non-hydrogen) atoms. The fourth-order valence-electron chi connectivity index (χ4n) is 2.65. The van der Waals surface area contributed by atoms with Crippen molar-refractivity contribution in [2.24, 2.45) is 0 Å². The predicted octanol–water partition coefficient (Wildman–Crippen LogP) is 1.38. The highest BCUT2D eigenvalue weighted by atomic mass is 35.5. The van der Waals surface area contributed by atoms with Gasteiger partial charge in [0.05, 0.1) is 20.3 Å². The van der Waals surface area contributed by atoms with Crippen LogP contribution in [0.2, 0.25) is 5.02 Å². The first kappa shape index (κ1) is 15.9. The van der Waals surface area contributed by atoms with Gasteiger partial charge in [-0.25, -0.2) is 0 Å². The van der Waals surface area contributed by atoms with Crippen molar-refractivity contribution in [2.45, 2.75) is 25.1 Å². The number of methoxy groups -OCH3 is 2. The lowest BCUT2D eigenvalue weighted by Crippen LogP contribution is -2.35. The Labute approximate surface area is 127 Å². The number of aliphatic carboxylic acids is 1. The summed E-state index contributed by atoms with van der Waals surface area (Å²) >= 11 is 6.05. The minimum absolute atomic E-state index is 0.218. The van der Waals surface area contributed by atoms with Crippen LogP contribution < -0.4 is 9.47 Å². The molecule has 1 aliphatic heterocycles. The maximum absolute atomic E-state index is 11.3. The summed E-state index contributed by atoms with van der Waals surface area (Å²) in [5.41, 5.74) is 0.724. The number of hydrogen-bond donors (Lipinski definition) is 2. The van der Waals surface area contributed by atoms with Gasteiger partial charge in [0.15, 0.2) is 11.5 Å². The number of β-amino-alcohol motifs (C(OH)–C–C–N with tert-alkyl or cyclic N) is 1. The molecule has 1 aromatic rings. The molecule has 7 heteroatoms. The second kappa shape index (κ2) is 6.51. The van der Waals surface area contributed by atoms with E-state index in [2.05, 4.69) is 0 Å². The minimum atomic E-state index is -0.945. The number of carbonyl (C=O) groups is 1. The molecule has 0 radical (unpaired) electrons. The predicted molar refractivity (Wildman–Crippen MR) is 77.0 cm³/mol. The zero-order chi connectivity index (χ0) is 15.6. The van der Waals surface area contributed by atoms with E-state index < -0.39 is 18.1 Å². The topological polar surface area (TPSA) is 79.2 Å². The third kappa shape index (κ3) is 3.40. The number of nitrogens with zero attached hydrogens (tertiary/aromatic N) is 1. The summed E-state index contributed by atoms with van der Waals surface area (Å²) in [6, 6.07) is 2.64. The van der Waals surface area contributed by atoms with E-state index in [1.54, 1.807) is 17.0 Å². The Bertz CT molecular complexity index is 536. The Kier molecular flexibility index (Phi) is 4.92. The summed E-state index contributed by atoms with van der Waals surface area (Å²) in [6.45, 7) is 0.614. The van der Waals surface area contributed by atoms with E-state index in [1.807, 2.05) is 0 Å². The van der Waals surface area contributed by atoms with Gasteiger partial charge in [-0.3, -0.25) is 9.69 Å². The summed E-state index contributed by atoms with van der Waals surface area (Å²) in [5, 5.41) is 19.4. The molecule has 2 rings (SSSR count). The molecule has 116 valence electrons. The maximum atomic E-state index is 11.3. The van der Waals surface area contributed by atoms with Gasteiger partial charge in [0.1, 0.15) is 6.04 Å². The number of rotatable bonds is 5. The number of hydrogen-bond acceptors (Lipinski definition) is 5. The van der Waals surface area contributed by atoms with Crippen LogP contribution in [0.1, 0.15) is 12.0 Å². The molecule has 0 aliphatic carbocycles. The number of ether oxygens (including phenoxy) is 2. The van der Waals surface area contributed by atoms with Gasteiger partial charge >= 0.3 is 5.97 Å². The van der Waals surface area contributed by atoms with Crippen molar-refractivity contribution in [1.29, 1.82) is 0 Å². The molecular weight excluding hydrogens is 298 g/mol. The van der Waals surface area contributed by atoms with Crippen molar-refractivity contribution in [3.05, 3.63) is 22.7 Å². The first-order valence-corrected chi connectivity index (χ1v) is 6.89. The standard InChI is InChI=1S/C14H18ClNO5/c1-20-12-4-9(15)3-8(13(12)21-2)6-16-7-10(17)5-11(16)14(18)19/h3-4,10-11,17H,5-7H2,1-2H3,(H,18,19)/t10-,11+/m1/s1. The van der Waals surface area contributed by atoms with Crippen molar-refractivity contribution >= 4 is 17.6 Å². The number of benzene rings is 1. The summed E-state index contributed by atoms with van der Waals surface area (Å²) in [6.07, 6.45) is -0.423. The molecule has 0 aromatic heterocycles. The Morgan fingerprint density at radius 3 is 2.71 bits per heavy atom. The van der Waals surface area contributed by atoms with Gasteiger partial charge in [-0.2, -0.15) is 0 Å². The van der Waals surface area contributed by atoms with Crippen LogP contribution in [-0.4, -0.2) is 54.0 Å². The van der Waals surface area contributed by atoms with E-state index in [0.29, 0.717) is 29.6 Å². The van der Waals surface area contributed by atoms with Crippen LogP contribution in [-0.2, 0) is 11.3 Å². The van der Waals surface area contributed by atoms with Crippen LogP contribution in [0.25, 0.3) is 0 Å².